The molecule has 136 valence electrons. The molecule has 0 unspecified atom stereocenters. The lowest BCUT2D eigenvalue weighted by Gasteiger charge is -2.28. The number of fused-ring (bicyclic) bond motifs is 3. The maximum Gasteiger partial charge on any atom is 0.234 e. The maximum atomic E-state index is 13.5. The van der Waals surface area contributed by atoms with Crippen LogP contribution >= 0.6 is 0 Å². The number of aryl methyl sites for hydroxylation is 1. The first-order valence-electron chi connectivity index (χ1n) is 9.42. The fourth-order valence-corrected chi connectivity index (χ4v) is 3.99. The molecule has 1 atom stereocenters. The predicted molar refractivity (Wildman–Crippen MR) is 109 cm³/mol. The number of pyridine rings is 1. The smallest absolute Gasteiger partial charge is 0.234 e. The molecule has 0 saturated heterocycles. The predicted octanol–water partition coefficient (Wildman–Crippen LogP) is 4.59. The summed E-state index contributed by atoms with van der Waals surface area (Å²) in [6.07, 6.45) is 2.59. The highest BCUT2D eigenvalue weighted by atomic mass is 16.2. The van der Waals surface area contributed by atoms with Crippen molar-refractivity contribution in [2.45, 2.75) is 32.2 Å². The summed E-state index contributed by atoms with van der Waals surface area (Å²) in [6, 6.07) is 20.7. The third-order valence-corrected chi connectivity index (χ3v) is 5.57. The number of aromatic nitrogens is 1. The molecule has 1 heterocycles. The number of nitrogens with zero attached hydrogens (tertiary/aromatic N) is 2. The average Bonchev–Trinajstić information content (AvgIpc) is 3.01. The van der Waals surface area contributed by atoms with Gasteiger partial charge in [-0.3, -0.25) is 9.78 Å². The second-order valence-electron chi connectivity index (χ2n) is 7.43. The van der Waals surface area contributed by atoms with Gasteiger partial charge in [0.05, 0.1) is 5.92 Å². The van der Waals surface area contributed by atoms with Crippen molar-refractivity contribution in [3.05, 3.63) is 89.2 Å². The minimum absolute atomic E-state index is 0.0757. The minimum Gasteiger partial charge on any atom is -0.342 e. The second-order valence-corrected chi connectivity index (χ2v) is 7.43. The molecule has 1 aliphatic rings. The summed E-state index contributed by atoms with van der Waals surface area (Å²) < 4.78 is 0. The van der Waals surface area contributed by atoms with Crippen molar-refractivity contribution in [2.75, 3.05) is 7.05 Å². The molecule has 0 aliphatic heterocycles. The first-order chi connectivity index (χ1) is 13.1. The molecule has 3 aromatic rings. The molecule has 0 N–H and O–H groups in total. The molecule has 4 rings (SSSR count). The molecule has 1 amide bonds. The number of carbonyl (C=O) groups is 1. The fraction of sp³-hybridized carbons (Fsp3) is 0.250. The Hall–Kier alpha value is -2.94. The number of amides is 1. The largest absolute Gasteiger partial charge is 0.342 e. The lowest BCUT2D eigenvalue weighted by atomic mass is 9.94. The molecule has 3 heteroatoms. The van der Waals surface area contributed by atoms with Gasteiger partial charge in [0.25, 0.3) is 0 Å². The van der Waals surface area contributed by atoms with E-state index in [9.17, 15) is 4.79 Å². The Morgan fingerprint density at radius 3 is 2.22 bits per heavy atom. The topological polar surface area (TPSA) is 33.2 Å². The number of hydrogen-bond acceptors (Lipinski definition) is 2. The molecule has 1 aromatic heterocycles. The molecule has 0 spiro atoms. The van der Waals surface area contributed by atoms with E-state index in [4.69, 9.17) is 0 Å². The van der Waals surface area contributed by atoms with Gasteiger partial charge >= 0.3 is 0 Å². The Bertz CT molecular complexity index is 949. The molecule has 0 bridgehead atoms. The van der Waals surface area contributed by atoms with Gasteiger partial charge in [0.2, 0.25) is 5.91 Å². The van der Waals surface area contributed by atoms with Gasteiger partial charge in [0, 0.05) is 31.4 Å². The second kappa shape index (κ2) is 6.99. The summed E-state index contributed by atoms with van der Waals surface area (Å²) >= 11 is 0. The van der Waals surface area contributed by atoms with E-state index in [0.717, 1.165) is 23.2 Å². The molecule has 0 fully saturated rings. The van der Waals surface area contributed by atoms with Crippen LogP contribution in [0.2, 0.25) is 0 Å². The van der Waals surface area contributed by atoms with E-state index in [-0.39, 0.29) is 17.9 Å². The highest BCUT2D eigenvalue weighted by molar-refractivity contribution is 5.96. The summed E-state index contributed by atoms with van der Waals surface area (Å²) in [5, 5.41) is 0. The zero-order valence-electron chi connectivity index (χ0n) is 16.0. The van der Waals surface area contributed by atoms with Crippen LogP contribution in [-0.4, -0.2) is 28.9 Å². The van der Waals surface area contributed by atoms with E-state index in [1.165, 1.54) is 16.7 Å². The summed E-state index contributed by atoms with van der Waals surface area (Å²) in [4.78, 5) is 19.8. The number of likely N-dealkylation sites (N-methyl/N-ethyl adjacent to an activating group) is 1. The Labute approximate surface area is 160 Å². The van der Waals surface area contributed by atoms with Crippen molar-refractivity contribution < 1.29 is 4.79 Å². The summed E-state index contributed by atoms with van der Waals surface area (Å²) in [7, 11) is 1.91. The molecule has 0 radical (unpaired) electrons. The van der Waals surface area contributed by atoms with Crippen LogP contribution < -0.4 is 0 Å². The first-order valence-corrected chi connectivity index (χ1v) is 9.42. The Balaban J connectivity index is 1.62. The van der Waals surface area contributed by atoms with Gasteiger partial charge in [-0.05, 0) is 53.8 Å². The van der Waals surface area contributed by atoms with Crippen LogP contribution in [0, 0.1) is 6.92 Å². The summed E-state index contributed by atoms with van der Waals surface area (Å²) in [6.45, 7) is 4.16. The molecule has 2 aromatic carbocycles. The monoisotopic (exact) mass is 356 g/mol. The van der Waals surface area contributed by atoms with Crippen molar-refractivity contribution in [2.24, 2.45) is 0 Å². The van der Waals surface area contributed by atoms with Crippen molar-refractivity contribution in [3.63, 3.8) is 0 Å². The summed E-state index contributed by atoms with van der Waals surface area (Å²) in [5.41, 5.74) is 6.78. The van der Waals surface area contributed by atoms with E-state index < -0.39 is 0 Å². The fourth-order valence-electron chi connectivity index (χ4n) is 3.99. The SMILES string of the molecule is Cc1ccnc(C[C@H](C)N(C)C(=O)C2c3ccccc3-c3ccccc32)c1. The van der Waals surface area contributed by atoms with E-state index in [1.807, 2.05) is 48.5 Å². The van der Waals surface area contributed by atoms with E-state index in [1.54, 1.807) is 0 Å². The first kappa shape index (κ1) is 17.5. The normalized spacial score (nSPS) is 13.7. The molecular formula is C24H24N2O. The van der Waals surface area contributed by atoms with E-state index >= 15 is 0 Å². The van der Waals surface area contributed by atoms with Gasteiger partial charge in [0.15, 0.2) is 0 Å². The third kappa shape index (κ3) is 3.14. The van der Waals surface area contributed by atoms with Crippen LogP contribution in [0.4, 0.5) is 0 Å². The van der Waals surface area contributed by atoms with E-state index in [0.29, 0.717) is 0 Å². The number of carbonyl (C=O) groups excluding carboxylic acids is 1. The lowest BCUT2D eigenvalue weighted by molar-refractivity contribution is -0.132. The van der Waals surface area contributed by atoms with Crippen LogP contribution in [0.25, 0.3) is 11.1 Å². The number of hydrogen-bond donors (Lipinski definition) is 0. The van der Waals surface area contributed by atoms with Crippen LogP contribution in [0.3, 0.4) is 0 Å². The Morgan fingerprint density at radius 2 is 1.63 bits per heavy atom. The van der Waals surface area contributed by atoms with Gasteiger partial charge in [0.1, 0.15) is 0 Å². The highest BCUT2D eigenvalue weighted by Crippen LogP contribution is 2.45. The molecule has 3 nitrogen and oxygen atoms in total. The van der Waals surface area contributed by atoms with Gasteiger partial charge in [-0.2, -0.15) is 0 Å². The quantitative estimate of drug-likeness (QED) is 0.685. The Morgan fingerprint density at radius 1 is 1.04 bits per heavy atom. The van der Waals surface area contributed by atoms with Gasteiger partial charge in [-0.25, -0.2) is 0 Å². The minimum atomic E-state index is -0.227. The van der Waals surface area contributed by atoms with Crippen LogP contribution in [0.5, 0.6) is 0 Å². The van der Waals surface area contributed by atoms with Gasteiger partial charge in [-0.1, -0.05) is 48.5 Å². The lowest BCUT2D eigenvalue weighted by Crippen LogP contribution is -2.39. The summed E-state index contributed by atoms with van der Waals surface area (Å²) in [5.74, 6) is -0.0807. The third-order valence-electron chi connectivity index (χ3n) is 5.57. The van der Waals surface area contributed by atoms with Crippen LogP contribution in [0.15, 0.2) is 66.9 Å². The highest BCUT2D eigenvalue weighted by Gasteiger charge is 2.36. The zero-order valence-corrected chi connectivity index (χ0v) is 16.0. The number of benzene rings is 2. The van der Waals surface area contributed by atoms with Crippen molar-refractivity contribution in [3.8, 4) is 11.1 Å². The Kier molecular flexibility index (Phi) is 4.53. The number of rotatable bonds is 4. The average molecular weight is 356 g/mol. The van der Waals surface area contributed by atoms with Crippen LogP contribution in [-0.2, 0) is 11.2 Å². The van der Waals surface area contributed by atoms with Crippen molar-refractivity contribution in [1.29, 1.82) is 0 Å². The van der Waals surface area contributed by atoms with Crippen molar-refractivity contribution in [1.82, 2.24) is 9.88 Å². The van der Waals surface area contributed by atoms with Gasteiger partial charge < -0.3 is 4.90 Å². The van der Waals surface area contributed by atoms with E-state index in [2.05, 4.69) is 49.2 Å². The standard InChI is InChI=1S/C24H24N2O/c1-16-12-13-25-18(14-16)15-17(2)26(3)24(27)23-21-10-6-4-8-19(21)20-9-5-7-11-22(20)23/h4-14,17,23H,15H2,1-3H3/t17-/m0/s1. The zero-order chi connectivity index (χ0) is 19.0. The molecule has 0 saturated carbocycles. The van der Waals surface area contributed by atoms with Gasteiger partial charge in [-0.15, -0.1) is 0 Å². The molecule has 27 heavy (non-hydrogen) atoms. The van der Waals surface area contributed by atoms with Crippen molar-refractivity contribution >= 4 is 5.91 Å². The molecule has 1 aliphatic carbocycles. The molecular weight excluding hydrogens is 332 g/mol. The van der Waals surface area contributed by atoms with Crippen LogP contribution in [0.1, 0.15) is 35.2 Å². The maximum absolute atomic E-state index is 13.5.